The SMILES string of the molecule is CCCCCCCCC/C=C\CCCCCCCCCC(=O)OC(CO)COC(=O)CCCCCCCCCCCCCCCCCCCCCCCCCCCCCCCCCCC. The highest BCUT2D eigenvalue weighted by Gasteiger charge is 2.16. The number of ether oxygens (including phenoxy) is 2. The molecule has 5 nitrogen and oxygen atoms in total. The van der Waals surface area contributed by atoms with Gasteiger partial charge in [-0.15, -0.1) is 0 Å². The number of aliphatic hydroxyl groups excluding tert-OH is 1. The first-order valence-corrected chi connectivity index (χ1v) is 29.7. The van der Waals surface area contributed by atoms with Crippen LogP contribution in [-0.2, 0) is 19.1 Å². The van der Waals surface area contributed by atoms with Crippen molar-refractivity contribution in [2.45, 2.75) is 347 Å². The highest BCUT2D eigenvalue weighted by atomic mass is 16.6. The topological polar surface area (TPSA) is 72.8 Å². The third-order valence-electron chi connectivity index (χ3n) is 13.8. The molecule has 0 rings (SSSR count). The van der Waals surface area contributed by atoms with Crippen LogP contribution < -0.4 is 0 Å². The van der Waals surface area contributed by atoms with Gasteiger partial charge in [0.05, 0.1) is 6.61 Å². The molecule has 0 radical (unpaired) electrons. The molecule has 1 atom stereocenters. The summed E-state index contributed by atoms with van der Waals surface area (Å²) in [5.41, 5.74) is 0. The Morgan fingerprint density at radius 2 is 0.569 bits per heavy atom. The lowest BCUT2D eigenvalue weighted by Gasteiger charge is -2.15. The molecule has 0 aromatic rings. The maximum absolute atomic E-state index is 12.3. The van der Waals surface area contributed by atoms with Gasteiger partial charge in [0.25, 0.3) is 0 Å². The van der Waals surface area contributed by atoms with Gasteiger partial charge in [0.1, 0.15) is 6.61 Å². The van der Waals surface area contributed by atoms with Crippen molar-refractivity contribution >= 4 is 11.9 Å². The second-order valence-corrected chi connectivity index (χ2v) is 20.4. The number of esters is 2. The van der Waals surface area contributed by atoms with Crippen LogP contribution >= 0.6 is 0 Å². The Kier molecular flexibility index (Phi) is 55.8. The van der Waals surface area contributed by atoms with Gasteiger partial charge in [0, 0.05) is 12.8 Å². The molecule has 1 unspecified atom stereocenters. The van der Waals surface area contributed by atoms with Crippen LogP contribution in [0.2, 0.25) is 0 Å². The molecule has 0 amide bonds. The minimum absolute atomic E-state index is 0.0605. The monoisotopic (exact) mass is 917 g/mol. The summed E-state index contributed by atoms with van der Waals surface area (Å²) in [5, 5.41) is 9.64. The number of hydrogen-bond donors (Lipinski definition) is 1. The Hall–Kier alpha value is -1.36. The number of allylic oxidation sites excluding steroid dienone is 2. The van der Waals surface area contributed by atoms with Crippen LogP contribution in [0, 0.1) is 0 Å². The highest BCUT2D eigenvalue weighted by Crippen LogP contribution is 2.18. The van der Waals surface area contributed by atoms with E-state index in [4.69, 9.17) is 9.47 Å². The van der Waals surface area contributed by atoms with Crippen LogP contribution in [0.25, 0.3) is 0 Å². The zero-order valence-electron chi connectivity index (χ0n) is 44.3. The van der Waals surface area contributed by atoms with Gasteiger partial charge in [-0.25, -0.2) is 0 Å². The summed E-state index contributed by atoms with van der Waals surface area (Å²) < 4.78 is 10.7. The molecular formula is C60H116O5. The summed E-state index contributed by atoms with van der Waals surface area (Å²) >= 11 is 0. The molecule has 0 heterocycles. The molecule has 0 aromatic heterocycles. The summed E-state index contributed by atoms with van der Waals surface area (Å²) in [6.07, 6.45) is 70.7. The van der Waals surface area contributed by atoms with Crippen molar-refractivity contribution in [1.82, 2.24) is 0 Å². The average molecular weight is 918 g/mol. The van der Waals surface area contributed by atoms with E-state index in [1.807, 2.05) is 0 Å². The molecule has 0 aliphatic carbocycles. The number of hydrogen-bond acceptors (Lipinski definition) is 5. The Labute approximate surface area is 407 Å². The van der Waals surface area contributed by atoms with Gasteiger partial charge in [-0.1, -0.05) is 302 Å². The zero-order valence-corrected chi connectivity index (χ0v) is 44.3. The van der Waals surface area contributed by atoms with Crippen molar-refractivity contribution in [3.63, 3.8) is 0 Å². The number of aliphatic hydroxyl groups is 1. The van der Waals surface area contributed by atoms with Crippen molar-refractivity contribution in [2.24, 2.45) is 0 Å². The molecule has 1 N–H and O–H groups in total. The molecule has 0 aliphatic rings. The lowest BCUT2D eigenvalue weighted by molar-refractivity contribution is -0.161. The second kappa shape index (κ2) is 57.0. The Balaban J connectivity index is 3.37. The van der Waals surface area contributed by atoms with Gasteiger partial charge in [-0.2, -0.15) is 0 Å². The third-order valence-corrected chi connectivity index (χ3v) is 13.8. The summed E-state index contributed by atoms with van der Waals surface area (Å²) in [5.74, 6) is -0.574. The van der Waals surface area contributed by atoms with E-state index in [1.54, 1.807) is 0 Å². The van der Waals surface area contributed by atoms with E-state index in [2.05, 4.69) is 26.0 Å². The lowest BCUT2D eigenvalue weighted by atomic mass is 10.0. The van der Waals surface area contributed by atoms with E-state index in [-0.39, 0.29) is 25.2 Å². The van der Waals surface area contributed by atoms with E-state index >= 15 is 0 Å². The molecular weight excluding hydrogens is 801 g/mol. The van der Waals surface area contributed by atoms with Gasteiger partial charge in [-0.05, 0) is 38.5 Å². The fourth-order valence-corrected chi connectivity index (χ4v) is 9.32. The molecule has 0 saturated carbocycles. The lowest BCUT2D eigenvalue weighted by Crippen LogP contribution is -2.28. The van der Waals surface area contributed by atoms with Crippen molar-refractivity contribution in [2.75, 3.05) is 13.2 Å². The molecule has 65 heavy (non-hydrogen) atoms. The van der Waals surface area contributed by atoms with Gasteiger partial charge in [0.15, 0.2) is 6.10 Å². The van der Waals surface area contributed by atoms with Crippen molar-refractivity contribution in [3.8, 4) is 0 Å². The number of carbonyl (C=O) groups is 2. The number of rotatable bonds is 56. The molecule has 0 aliphatic heterocycles. The largest absolute Gasteiger partial charge is 0.462 e. The van der Waals surface area contributed by atoms with Gasteiger partial charge in [-0.3, -0.25) is 9.59 Å². The van der Waals surface area contributed by atoms with Crippen LogP contribution in [0.15, 0.2) is 12.2 Å². The van der Waals surface area contributed by atoms with Crippen molar-refractivity contribution < 1.29 is 24.2 Å². The third kappa shape index (κ3) is 55.1. The molecule has 0 spiro atoms. The smallest absolute Gasteiger partial charge is 0.306 e. The molecule has 0 bridgehead atoms. The maximum Gasteiger partial charge on any atom is 0.306 e. The molecule has 5 heteroatoms. The summed E-state index contributed by atoms with van der Waals surface area (Å²) in [6.45, 7) is 4.19. The molecule has 0 saturated heterocycles. The minimum atomic E-state index is -0.769. The average Bonchev–Trinajstić information content (AvgIpc) is 3.31. The highest BCUT2D eigenvalue weighted by molar-refractivity contribution is 5.70. The number of unbranched alkanes of at least 4 members (excludes halogenated alkanes) is 46. The van der Waals surface area contributed by atoms with E-state index < -0.39 is 6.10 Å². The van der Waals surface area contributed by atoms with E-state index in [1.165, 1.54) is 283 Å². The number of carbonyl (C=O) groups excluding carboxylic acids is 2. The maximum atomic E-state index is 12.3. The predicted molar refractivity (Wildman–Crippen MR) is 284 cm³/mol. The van der Waals surface area contributed by atoms with Gasteiger partial charge >= 0.3 is 11.9 Å². The summed E-state index contributed by atoms with van der Waals surface area (Å²) in [6, 6.07) is 0. The van der Waals surface area contributed by atoms with E-state index in [0.29, 0.717) is 12.8 Å². The first kappa shape index (κ1) is 63.6. The Morgan fingerprint density at radius 3 is 0.831 bits per heavy atom. The first-order valence-electron chi connectivity index (χ1n) is 29.7. The molecule has 0 fully saturated rings. The van der Waals surface area contributed by atoms with Crippen molar-refractivity contribution in [1.29, 1.82) is 0 Å². The first-order chi connectivity index (χ1) is 32.1. The fourth-order valence-electron chi connectivity index (χ4n) is 9.32. The Bertz CT molecular complexity index is 948. The van der Waals surface area contributed by atoms with Crippen LogP contribution in [0.1, 0.15) is 341 Å². The van der Waals surface area contributed by atoms with E-state index in [9.17, 15) is 14.7 Å². The zero-order chi connectivity index (χ0) is 47.0. The minimum Gasteiger partial charge on any atom is -0.462 e. The van der Waals surface area contributed by atoms with Gasteiger partial charge < -0.3 is 14.6 Å². The van der Waals surface area contributed by atoms with Gasteiger partial charge in [0.2, 0.25) is 0 Å². The fraction of sp³-hybridized carbons (Fsp3) is 0.933. The van der Waals surface area contributed by atoms with Crippen LogP contribution in [-0.4, -0.2) is 36.4 Å². The van der Waals surface area contributed by atoms with Crippen LogP contribution in [0.3, 0.4) is 0 Å². The van der Waals surface area contributed by atoms with Crippen molar-refractivity contribution in [3.05, 3.63) is 12.2 Å². The normalized spacial score (nSPS) is 12.1. The Morgan fingerprint density at radius 1 is 0.338 bits per heavy atom. The van der Waals surface area contributed by atoms with E-state index in [0.717, 1.165) is 32.1 Å². The second-order valence-electron chi connectivity index (χ2n) is 20.4. The quantitative estimate of drug-likeness (QED) is 0.0374. The molecule has 386 valence electrons. The summed E-state index contributed by atoms with van der Waals surface area (Å²) in [7, 11) is 0. The van der Waals surface area contributed by atoms with Crippen LogP contribution in [0.4, 0.5) is 0 Å². The molecule has 0 aromatic carbocycles. The van der Waals surface area contributed by atoms with Crippen LogP contribution in [0.5, 0.6) is 0 Å². The standard InChI is InChI=1S/C60H116O5/c1-3-5-7-9-11-13-15-17-19-21-23-24-25-26-27-28-29-30-31-32-33-34-35-36-37-39-40-42-44-46-48-50-52-54-59(62)64-57-58(56-61)65-60(63)55-53-51-49-47-45-43-41-38-22-20-18-16-14-12-10-8-6-4-2/h20,22,58,61H,3-19,21,23-57H2,1-2H3/b22-20-. The predicted octanol–water partition coefficient (Wildman–Crippen LogP) is 19.9. The summed E-state index contributed by atoms with van der Waals surface area (Å²) in [4.78, 5) is 24.5.